The van der Waals surface area contributed by atoms with Crippen molar-refractivity contribution in [2.24, 2.45) is 11.3 Å². The molecule has 3 fully saturated rings. The van der Waals surface area contributed by atoms with Crippen LogP contribution in [-0.2, 0) is 21.2 Å². The van der Waals surface area contributed by atoms with E-state index in [0.717, 1.165) is 23.4 Å². The van der Waals surface area contributed by atoms with Crippen LogP contribution in [0.2, 0.25) is 0 Å². The van der Waals surface area contributed by atoms with Crippen molar-refractivity contribution in [1.29, 1.82) is 0 Å². The van der Waals surface area contributed by atoms with E-state index < -0.39 is 15.4 Å². The Bertz CT molecular complexity index is 1080. The molecule has 184 valence electrons. The summed E-state index contributed by atoms with van der Waals surface area (Å²) in [6.45, 7) is 11.1. The molecule has 0 bridgehead atoms. The van der Waals surface area contributed by atoms with Gasteiger partial charge in [-0.2, -0.15) is 5.10 Å². The van der Waals surface area contributed by atoms with Crippen LogP contribution in [0.3, 0.4) is 0 Å². The highest BCUT2D eigenvalue weighted by molar-refractivity contribution is 7.91. The fraction of sp³-hybridized carbons (Fsp3) is 0.783. The average molecular weight is 480 g/mol. The van der Waals surface area contributed by atoms with Gasteiger partial charge in [0.1, 0.15) is 5.54 Å². The third-order valence-corrected chi connectivity index (χ3v) is 9.21. The van der Waals surface area contributed by atoms with Crippen LogP contribution in [0.5, 0.6) is 0 Å². The molecule has 0 unspecified atom stereocenters. The first-order chi connectivity index (χ1) is 15.2. The zero-order valence-corrected chi connectivity index (χ0v) is 21.5. The van der Waals surface area contributed by atoms with Crippen molar-refractivity contribution < 1.29 is 18.0 Å². The maximum Gasteiger partial charge on any atom is 0.326 e. The van der Waals surface area contributed by atoms with Gasteiger partial charge in [-0.25, -0.2) is 18.1 Å². The molecule has 1 aromatic rings. The molecule has 10 heteroatoms. The van der Waals surface area contributed by atoms with Crippen molar-refractivity contribution >= 4 is 21.8 Å². The summed E-state index contributed by atoms with van der Waals surface area (Å²) in [5.74, 6) is 0.573. The fourth-order valence-corrected chi connectivity index (χ4v) is 8.14. The van der Waals surface area contributed by atoms with E-state index in [1.165, 1.54) is 4.90 Å². The Hall–Kier alpha value is -1.94. The van der Waals surface area contributed by atoms with Gasteiger partial charge in [0.25, 0.3) is 5.91 Å². The fourth-order valence-electron chi connectivity index (χ4n) is 6.45. The van der Waals surface area contributed by atoms with Gasteiger partial charge >= 0.3 is 6.03 Å². The van der Waals surface area contributed by atoms with Crippen molar-refractivity contribution in [2.75, 3.05) is 25.2 Å². The van der Waals surface area contributed by atoms with E-state index in [1.54, 1.807) is 0 Å². The summed E-state index contributed by atoms with van der Waals surface area (Å²) >= 11 is 0. The first-order valence-corrected chi connectivity index (χ1v) is 13.6. The molecule has 0 aromatic carbocycles. The Kier molecular flexibility index (Phi) is 5.92. The quantitative estimate of drug-likeness (QED) is 0.650. The number of aryl methyl sites for hydroxylation is 1. The molecule has 1 spiro atoms. The predicted octanol–water partition coefficient (Wildman–Crippen LogP) is 2.39. The molecule has 1 aliphatic carbocycles. The summed E-state index contributed by atoms with van der Waals surface area (Å²) < 4.78 is 25.7. The van der Waals surface area contributed by atoms with Crippen LogP contribution in [0.4, 0.5) is 4.79 Å². The van der Waals surface area contributed by atoms with Gasteiger partial charge in [-0.05, 0) is 57.9 Å². The molecule has 3 heterocycles. The average Bonchev–Trinajstić information content (AvgIpc) is 3.23. The molecule has 9 nitrogen and oxygen atoms in total. The summed E-state index contributed by atoms with van der Waals surface area (Å²) in [5.41, 5.74) is 2.00. The molecule has 1 N–H and O–H groups in total. The Morgan fingerprint density at radius 1 is 1.21 bits per heavy atom. The van der Waals surface area contributed by atoms with Gasteiger partial charge in [-0.3, -0.25) is 14.4 Å². The lowest BCUT2D eigenvalue weighted by Gasteiger charge is -2.43. The molecule has 1 saturated carbocycles. The number of aromatic nitrogens is 2. The SMILES string of the molecule is Cc1nn([C@@H]2CCS(=O)(=O)C2)c(C)c1CN(C)CN1C(=O)N[C@@]2(C[C@@H](C)CC(C)(C)C2)C1=O. The molecule has 3 amide bonds. The Morgan fingerprint density at radius 3 is 2.52 bits per heavy atom. The van der Waals surface area contributed by atoms with Crippen molar-refractivity contribution in [3.05, 3.63) is 17.0 Å². The molecule has 4 rings (SSSR count). The Balaban J connectivity index is 1.47. The number of urea groups is 1. The van der Waals surface area contributed by atoms with E-state index in [-0.39, 0.29) is 41.6 Å². The normalized spacial score (nSPS) is 31.1. The molecule has 3 aliphatic rings. The molecule has 33 heavy (non-hydrogen) atoms. The first-order valence-electron chi connectivity index (χ1n) is 11.8. The van der Waals surface area contributed by atoms with Crippen LogP contribution in [0.15, 0.2) is 0 Å². The number of nitrogens with zero attached hydrogens (tertiary/aromatic N) is 4. The first kappa shape index (κ1) is 24.2. The van der Waals surface area contributed by atoms with Crippen LogP contribution < -0.4 is 5.32 Å². The second kappa shape index (κ2) is 8.08. The minimum atomic E-state index is -3.00. The number of carbonyl (C=O) groups is 2. The van der Waals surface area contributed by atoms with Crippen molar-refractivity contribution in [3.8, 4) is 0 Å². The minimum absolute atomic E-state index is 0.000949. The van der Waals surface area contributed by atoms with E-state index in [2.05, 4.69) is 31.2 Å². The second-order valence-electron chi connectivity index (χ2n) is 11.4. The summed E-state index contributed by atoms with van der Waals surface area (Å²) in [6, 6.07) is -0.452. The molecular formula is C23H37N5O4S. The molecule has 0 radical (unpaired) electrons. The van der Waals surface area contributed by atoms with Gasteiger partial charge in [-0.1, -0.05) is 20.8 Å². The Morgan fingerprint density at radius 2 is 1.91 bits per heavy atom. The molecule has 3 atom stereocenters. The monoisotopic (exact) mass is 479 g/mol. The lowest BCUT2D eigenvalue weighted by atomic mass is 9.64. The largest absolute Gasteiger partial charge is 0.326 e. The predicted molar refractivity (Wildman–Crippen MR) is 125 cm³/mol. The maximum atomic E-state index is 13.4. The topological polar surface area (TPSA) is 105 Å². The summed E-state index contributed by atoms with van der Waals surface area (Å²) in [7, 11) is -1.12. The van der Waals surface area contributed by atoms with Gasteiger partial charge in [-0.15, -0.1) is 0 Å². The number of carbonyl (C=O) groups excluding carboxylic acids is 2. The lowest BCUT2D eigenvalue weighted by molar-refractivity contribution is -0.136. The number of imide groups is 1. The van der Waals surface area contributed by atoms with Gasteiger partial charge in [0.2, 0.25) is 0 Å². The van der Waals surface area contributed by atoms with Crippen molar-refractivity contribution in [3.63, 3.8) is 0 Å². The van der Waals surface area contributed by atoms with Gasteiger partial charge in [0.05, 0.1) is 29.9 Å². The van der Waals surface area contributed by atoms with Crippen LogP contribution in [0.1, 0.15) is 69.4 Å². The minimum Gasteiger partial charge on any atom is -0.323 e. The highest BCUT2D eigenvalue weighted by atomic mass is 32.2. The van der Waals surface area contributed by atoms with Gasteiger partial charge in [0.15, 0.2) is 9.84 Å². The van der Waals surface area contributed by atoms with E-state index in [4.69, 9.17) is 0 Å². The highest BCUT2D eigenvalue weighted by Gasteiger charge is 2.56. The molecule has 2 saturated heterocycles. The van der Waals surface area contributed by atoms with E-state index in [0.29, 0.717) is 31.7 Å². The zero-order valence-electron chi connectivity index (χ0n) is 20.6. The van der Waals surface area contributed by atoms with Gasteiger partial charge in [0, 0.05) is 17.8 Å². The number of hydrogen-bond donors (Lipinski definition) is 1. The number of hydrogen-bond acceptors (Lipinski definition) is 6. The maximum absolute atomic E-state index is 13.4. The number of nitrogens with one attached hydrogen (secondary N) is 1. The smallest absolute Gasteiger partial charge is 0.323 e. The van der Waals surface area contributed by atoms with Crippen LogP contribution >= 0.6 is 0 Å². The Labute approximate surface area is 196 Å². The van der Waals surface area contributed by atoms with Crippen LogP contribution in [-0.4, -0.2) is 70.7 Å². The van der Waals surface area contributed by atoms with E-state index >= 15 is 0 Å². The number of amides is 3. The van der Waals surface area contributed by atoms with Crippen LogP contribution in [0, 0.1) is 25.2 Å². The highest BCUT2D eigenvalue weighted by Crippen LogP contribution is 2.46. The van der Waals surface area contributed by atoms with Crippen LogP contribution in [0.25, 0.3) is 0 Å². The van der Waals surface area contributed by atoms with Gasteiger partial charge < -0.3 is 5.32 Å². The number of sulfone groups is 1. The lowest BCUT2D eigenvalue weighted by Crippen LogP contribution is -2.54. The van der Waals surface area contributed by atoms with Crippen molar-refractivity contribution in [2.45, 2.75) is 78.4 Å². The summed E-state index contributed by atoms with van der Waals surface area (Å²) in [5, 5.41) is 7.66. The standard InChI is InChI=1S/C23H37N5O4S/c1-15-9-22(4,5)13-23(10-15)20(29)27(21(30)24-23)14-26(6)11-19-16(2)25-28(17(19)3)18-7-8-33(31,32)12-18/h15,18H,7-14H2,1-6H3,(H,24,30)/t15-,18+,23+/m0/s1. The second-order valence-corrected chi connectivity index (χ2v) is 13.6. The summed E-state index contributed by atoms with van der Waals surface area (Å²) in [6.07, 6.45) is 2.96. The third-order valence-electron chi connectivity index (χ3n) is 7.46. The van der Waals surface area contributed by atoms with E-state index in [1.807, 2.05) is 30.5 Å². The summed E-state index contributed by atoms with van der Waals surface area (Å²) in [4.78, 5) is 29.5. The molecule has 1 aromatic heterocycles. The number of rotatable bonds is 5. The molecule has 2 aliphatic heterocycles. The molecular weight excluding hydrogens is 442 g/mol. The van der Waals surface area contributed by atoms with E-state index in [9.17, 15) is 18.0 Å². The zero-order chi connectivity index (χ0) is 24.3. The van der Waals surface area contributed by atoms with Crippen molar-refractivity contribution in [1.82, 2.24) is 24.9 Å². The third kappa shape index (κ3) is 4.56.